The standard InChI is InChI=1S/C13H20N2O2S/c1-8-6-15(7-13(4,5)17-8)12-14-9(2)11(18-12)10(3)16/h8H,6-7H2,1-5H3. The number of aromatic nitrogens is 1. The SMILES string of the molecule is CC(=O)c1sc(N2CC(C)OC(C)(C)C2)nc1C. The molecule has 2 heterocycles. The number of hydrogen-bond acceptors (Lipinski definition) is 5. The van der Waals surface area contributed by atoms with E-state index in [-0.39, 0.29) is 17.5 Å². The molecule has 0 spiro atoms. The molecule has 1 aliphatic heterocycles. The molecule has 18 heavy (non-hydrogen) atoms. The fourth-order valence-electron chi connectivity index (χ4n) is 2.44. The number of aryl methyl sites for hydroxylation is 1. The monoisotopic (exact) mass is 268 g/mol. The Morgan fingerprint density at radius 2 is 2.22 bits per heavy atom. The molecule has 0 aliphatic carbocycles. The molecule has 1 unspecified atom stereocenters. The number of Topliss-reactive ketones (excluding diaryl/α,β-unsaturated/α-hetero) is 1. The van der Waals surface area contributed by atoms with Crippen LogP contribution in [0, 0.1) is 6.92 Å². The van der Waals surface area contributed by atoms with Gasteiger partial charge in [-0.1, -0.05) is 11.3 Å². The minimum atomic E-state index is -0.173. The van der Waals surface area contributed by atoms with E-state index < -0.39 is 0 Å². The van der Waals surface area contributed by atoms with Gasteiger partial charge >= 0.3 is 0 Å². The molecule has 2 rings (SSSR count). The quantitative estimate of drug-likeness (QED) is 0.773. The van der Waals surface area contributed by atoms with Crippen molar-refractivity contribution in [3.8, 4) is 0 Å². The summed E-state index contributed by atoms with van der Waals surface area (Å²) in [4.78, 5) is 19.0. The minimum absolute atomic E-state index is 0.0943. The van der Waals surface area contributed by atoms with Crippen molar-refractivity contribution in [1.29, 1.82) is 0 Å². The number of hydrogen-bond donors (Lipinski definition) is 0. The Labute approximate surface area is 112 Å². The number of carbonyl (C=O) groups excluding carboxylic acids is 1. The zero-order chi connectivity index (χ0) is 13.5. The fourth-order valence-corrected chi connectivity index (χ4v) is 3.41. The summed E-state index contributed by atoms with van der Waals surface area (Å²) in [6, 6.07) is 0. The van der Waals surface area contributed by atoms with Crippen LogP contribution in [0.2, 0.25) is 0 Å². The number of rotatable bonds is 2. The van der Waals surface area contributed by atoms with E-state index >= 15 is 0 Å². The first-order valence-electron chi connectivity index (χ1n) is 6.19. The van der Waals surface area contributed by atoms with E-state index in [9.17, 15) is 4.79 Å². The molecule has 1 fully saturated rings. The predicted molar refractivity (Wildman–Crippen MR) is 73.7 cm³/mol. The highest BCUT2D eigenvalue weighted by atomic mass is 32.1. The number of thiazole rings is 1. The number of anilines is 1. The van der Waals surface area contributed by atoms with E-state index in [1.165, 1.54) is 11.3 Å². The number of carbonyl (C=O) groups is 1. The summed E-state index contributed by atoms with van der Waals surface area (Å²) in [7, 11) is 0. The summed E-state index contributed by atoms with van der Waals surface area (Å²) in [5, 5.41) is 0.931. The van der Waals surface area contributed by atoms with Crippen LogP contribution >= 0.6 is 11.3 Å². The minimum Gasteiger partial charge on any atom is -0.369 e. The molecule has 1 atom stereocenters. The summed E-state index contributed by atoms with van der Waals surface area (Å²) < 4.78 is 5.88. The normalized spacial score (nSPS) is 23.2. The van der Waals surface area contributed by atoms with Crippen LogP contribution in [0.5, 0.6) is 0 Å². The molecule has 1 aliphatic rings. The van der Waals surface area contributed by atoms with Crippen molar-refractivity contribution < 1.29 is 9.53 Å². The average molecular weight is 268 g/mol. The highest BCUT2D eigenvalue weighted by Crippen LogP contribution is 2.31. The zero-order valence-electron chi connectivity index (χ0n) is 11.6. The Hall–Kier alpha value is -0.940. The van der Waals surface area contributed by atoms with E-state index in [1.807, 2.05) is 6.92 Å². The van der Waals surface area contributed by atoms with Crippen molar-refractivity contribution in [3.63, 3.8) is 0 Å². The third kappa shape index (κ3) is 2.72. The van der Waals surface area contributed by atoms with E-state index in [0.717, 1.165) is 28.8 Å². The van der Waals surface area contributed by atoms with E-state index in [2.05, 4.69) is 30.7 Å². The summed E-state index contributed by atoms with van der Waals surface area (Å²) in [6.45, 7) is 11.4. The molecule has 0 amide bonds. The molecule has 1 aromatic heterocycles. The van der Waals surface area contributed by atoms with Crippen LogP contribution in [0.3, 0.4) is 0 Å². The molecule has 0 bridgehead atoms. The molecule has 0 aromatic carbocycles. The van der Waals surface area contributed by atoms with Gasteiger partial charge < -0.3 is 9.64 Å². The first-order valence-corrected chi connectivity index (χ1v) is 7.01. The van der Waals surface area contributed by atoms with Crippen LogP contribution in [0.15, 0.2) is 0 Å². The lowest BCUT2D eigenvalue weighted by Gasteiger charge is -2.41. The summed E-state index contributed by atoms with van der Waals surface area (Å²) in [5.41, 5.74) is 0.660. The number of ketones is 1. The first-order chi connectivity index (χ1) is 8.28. The van der Waals surface area contributed by atoms with Gasteiger partial charge in [0.05, 0.1) is 22.3 Å². The van der Waals surface area contributed by atoms with Crippen molar-refractivity contribution in [2.45, 2.75) is 46.3 Å². The van der Waals surface area contributed by atoms with Crippen molar-refractivity contribution in [3.05, 3.63) is 10.6 Å². The third-order valence-corrected chi connectivity index (χ3v) is 4.26. The second-order valence-electron chi connectivity index (χ2n) is 5.54. The fraction of sp³-hybridized carbons (Fsp3) is 0.692. The number of morpholine rings is 1. The number of nitrogens with zero attached hydrogens (tertiary/aromatic N) is 2. The Morgan fingerprint density at radius 1 is 1.56 bits per heavy atom. The molecule has 0 radical (unpaired) electrons. The van der Waals surface area contributed by atoms with Crippen LogP contribution in [0.25, 0.3) is 0 Å². The van der Waals surface area contributed by atoms with Gasteiger partial charge in [-0.3, -0.25) is 4.79 Å². The van der Waals surface area contributed by atoms with Crippen LogP contribution < -0.4 is 4.90 Å². The van der Waals surface area contributed by atoms with Gasteiger partial charge in [0.1, 0.15) is 0 Å². The summed E-state index contributed by atoms with van der Waals surface area (Å²) >= 11 is 1.49. The van der Waals surface area contributed by atoms with Gasteiger partial charge in [-0.15, -0.1) is 0 Å². The maximum Gasteiger partial charge on any atom is 0.186 e. The van der Waals surface area contributed by atoms with Crippen LogP contribution in [-0.4, -0.2) is 35.6 Å². The second-order valence-corrected chi connectivity index (χ2v) is 6.51. The maximum absolute atomic E-state index is 11.5. The molecular formula is C13H20N2O2S. The topological polar surface area (TPSA) is 42.4 Å². The Morgan fingerprint density at radius 3 is 2.72 bits per heavy atom. The largest absolute Gasteiger partial charge is 0.369 e. The van der Waals surface area contributed by atoms with E-state index in [1.54, 1.807) is 6.92 Å². The summed E-state index contributed by atoms with van der Waals surface area (Å²) in [6.07, 6.45) is 0.179. The Bertz CT molecular complexity index is 468. The molecule has 4 nitrogen and oxygen atoms in total. The molecule has 100 valence electrons. The van der Waals surface area contributed by atoms with Gasteiger partial charge in [0.2, 0.25) is 0 Å². The van der Waals surface area contributed by atoms with Crippen LogP contribution in [-0.2, 0) is 4.74 Å². The highest BCUT2D eigenvalue weighted by molar-refractivity contribution is 7.17. The van der Waals surface area contributed by atoms with Crippen molar-refractivity contribution >= 4 is 22.3 Å². The lowest BCUT2D eigenvalue weighted by atomic mass is 10.1. The third-order valence-electron chi connectivity index (χ3n) is 2.94. The van der Waals surface area contributed by atoms with Gasteiger partial charge in [0.15, 0.2) is 10.9 Å². The highest BCUT2D eigenvalue weighted by Gasteiger charge is 2.33. The van der Waals surface area contributed by atoms with Crippen molar-refractivity contribution in [1.82, 2.24) is 4.98 Å². The Kier molecular flexibility index (Phi) is 3.47. The lowest BCUT2D eigenvalue weighted by Crippen LogP contribution is -2.52. The summed E-state index contributed by atoms with van der Waals surface area (Å²) in [5.74, 6) is 0.0943. The second kappa shape index (κ2) is 4.63. The molecule has 0 saturated carbocycles. The van der Waals surface area contributed by atoms with Gasteiger partial charge in [0, 0.05) is 20.0 Å². The van der Waals surface area contributed by atoms with E-state index in [0.29, 0.717) is 0 Å². The van der Waals surface area contributed by atoms with Gasteiger partial charge in [0.25, 0.3) is 0 Å². The molecule has 5 heteroatoms. The first kappa shape index (κ1) is 13.5. The van der Waals surface area contributed by atoms with Crippen molar-refractivity contribution in [2.24, 2.45) is 0 Å². The molecule has 0 N–H and O–H groups in total. The smallest absolute Gasteiger partial charge is 0.186 e. The number of ether oxygens (including phenoxy) is 1. The van der Waals surface area contributed by atoms with Crippen molar-refractivity contribution in [2.75, 3.05) is 18.0 Å². The van der Waals surface area contributed by atoms with Gasteiger partial charge in [-0.25, -0.2) is 4.98 Å². The molecule has 1 aromatic rings. The van der Waals surface area contributed by atoms with Gasteiger partial charge in [-0.2, -0.15) is 0 Å². The Balaban J connectivity index is 2.26. The van der Waals surface area contributed by atoms with E-state index in [4.69, 9.17) is 4.74 Å². The maximum atomic E-state index is 11.5. The molecule has 1 saturated heterocycles. The molecular weight excluding hydrogens is 248 g/mol. The van der Waals surface area contributed by atoms with Gasteiger partial charge in [-0.05, 0) is 27.7 Å². The lowest BCUT2D eigenvalue weighted by molar-refractivity contribution is -0.0749. The predicted octanol–water partition coefficient (Wildman–Crippen LogP) is 2.66. The van der Waals surface area contributed by atoms with Crippen LogP contribution in [0.4, 0.5) is 5.13 Å². The van der Waals surface area contributed by atoms with Crippen LogP contribution in [0.1, 0.15) is 43.1 Å². The average Bonchev–Trinajstić information content (AvgIpc) is 2.57. The zero-order valence-corrected chi connectivity index (χ0v) is 12.4.